The van der Waals surface area contributed by atoms with E-state index in [9.17, 15) is 18.0 Å². The van der Waals surface area contributed by atoms with E-state index in [0.29, 0.717) is 5.56 Å². The first kappa shape index (κ1) is 16.0. The van der Waals surface area contributed by atoms with Crippen molar-refractivity contribution in [1.29, 1.82) is 0 Å². The van der Waals surface area contributed by atoms with Gasteiger partial charge in [-0.05, 0) is 35.4 Å². The summed E-state index contributed by atoms with van der Waals surface area (Å²) in [6.45, 7) is 0.251. The molecule has 0 aliphatic heterocycles. The van der Waals surface area contributed by atoms with E-state index < -0.39 is 17.8 Å². The minimum atomic E-state index is -4.45. The Labute approximate surface area is 135 Å². The van der Waals surface area contributed by atoms with Crippen molar-refractivity contribution in [2.24, 2.45) is 0 Å². The molecule has 1 unspecified atom stereocenters. The number of aromatic nitrogens is 2. The Hall–Kier alpha value is -2.83. The van der Waals surface area contributed by atoms with E-state index in [0.717, 1.165) is 28.6 Å². The number of ether oxygens (including phenoxy) is 1. The molecule has 1 atom stereocenters. The highest BCUT2D eigenvalue weighted by molar-refractivity contribution is 5.78. The van der Waals surface area contributed by atoms with Gasteiger partial charge in [0.15, 0.2) is 0 Å². The number of rotatable bonds is 5. The number of benzene rings is 2. The second kappa shape index (κ2) is 6.35. The van der Waals surface area contributed by atoms with Crippen LogP contribution in [-0.2, 0) is 22.1 Å². The molecule has 0 saturated carbocycles. The molecule has 3 rings (SSSR count). The van der Waals surface area contributed by atoms with Crippen molar-refractivity contribution >= 4 is 17.4 Å². The molecule has 0 amide bonds. The van der Waals surface area contributed by atoms with Crippen molar-refractivity contribution in [3.8, 4) is 0 Å². The summed E-state index contributed by atoms with van der Waals surface area (Å²) in [6.07, 6.45) is -3.33. The molecule has 0 saturated heterocycles. The normalized spacial score (nSPS) is 13.0. The third-order valence-electron chi connectivity index (χ3n) is 3.73. The van der Waals surface area contributed by atoms with E-state index in [-0.39, 0.29) is 12.9 Å². The van der Waals surface area contributed by atoms with Crippen LogP contribution in [0.15, 0.2) is 48.7 Å². The van der Waals surface area contributed by atoms with Gasteiger partial charge < -0.3 is 4.74 Å². The van der Waals surface area contributed by atoms with Crippen LogP contribution in [0.2, 0.25) is 0 Å². The van der Waals surface area contributed by atoms with E-state index in [1.165, 1.54) is 12.1 Å². The molecule has 2 aromatic carbocycles. The SMILES string of the molecule is O=COC(Cc1ccc2[nH]ncc2c1)c1cccc(C(F)(F)F)c1. The molecule has 4 nitrogen and oxygen atoms in total. The Morgan fingerprint density at radius 2 is 2.04 bits per heavy atom. The molecule has 0 bridgehead atoms. The fourth-order valence-corrected chi connectivity index (χ4v) is 2.56. The lowest BCUT2D eigenvalue weighted by molar-refractivity contribution is -0.137. The quantitative estimate of drug-likeness (QED) is 0.717. The van der Waals surface area contributed by atoms with Crippen molar-refractivity contribution in [2.75, 3.05) is 0 Å². The fourth-order valence-electron chi connectivity index (χ4n) is 2.56. The van der Waals surface area contributed by atoms with Crippen molar-refractivity contribution in [2.45, 2.75) is 18.7 Å². The first-order chi connectivity index (χ1) is 11.5. The zero-order chi connectivity index (χ0) is 17.2. The summed E-state index contributed by atoms with van der Waals surface area (Å²) in [5.41, 5.74) is 1.20. The second-order valence-corrected chi connectivity index (χ2v) is 5.34. The van der Waals surface area contributed by atoms with Gasteiger partial charge in [0.1, 0.15) is 6.10 Å². The first-order valence-electron chi connectivity index (χ1n) is 7.15. The Morgan fingerprint density at radius 1 is 1.21 bits per heavy atom. The summed E-state index contributed by atoms with van der Waals surface area (Å²) in [5.74, 6) is 0. The summed E-state index contributed by atoms with van der Waals surface area (Å²) < 4.78 is 43.6. The van der Waals surface area contributed by atoms with Gasteiger partial charge >= 0.3 is 6.18 Å². The average Bonchev–Trinajstić information content (AvgIpc) is 3.01. The molecule has 0 aliphatic carbocycles. The van der Waals surface area contributed by atoms with Gasteiger partial charge in [-0.1, -0.05) is 18.2 Å². The largest absolute Gasteiger partial charge is 0.459 e. The number of H-pyrrole nitrogens is 1. The van der Waals surface area contributed by atoms with E-state index >= 15 is 0 Å². The Balaban J connectivity index is 1.90. The number of carbonyl (C=O) groups excluding carboxylic acids is 1. The van der Waals surface area contributed by atoms with Crippen LogP contribution in [0.1, 0.15) is 22.8 Å². The smallest absolute Gasteiger partial charge is 0.416 e. The zero-order valence-corrected chi connectivity index (χ0v) is 12.4. The van der Waals surface area contributed by atoms with Crippen LogP contribution in [0.5, 0.6) is 0 Å². The third-order valence-corrected chi connectivity index (χ3v) is 3.73. The maximum atomic E-state index is 12.9. The number of carbonyl (C=O) groups is 1. The van der Waals surface area contributed by atoms with Gasteiger partial charge in [0.2, 0.25) is 0 Å². The summed E-state index contributed by atoms with van der Waals surface area (Å²) in [5, 5.41) is 7.61. The predicted molar refractivity (Wildman–Crippen MR) is 81.1 cm³/mol. The number of hydrogen-bond acceptors (Lipinski definition) is 3. The molecule has 124 valence electrons. The molecule has 3 aromatic rings. The number of alkyl halides is 3. The second-order valence-electron chi connectivity index (χ2n) is 5.34. The van der Waals surface area contributed by atoms with Gasteiger partial charge in [-0.25, -0.2) is 0 Å². The van der Waals surface area contributed by atoms with Gasteiger partial charge in [0, 0.05) is 11.8 Å². The van der Waals surface area contributed by atoms with Crippen molar-refractivity contribution in [1.82, 2.24) is 10.2 Å². The summed E-state index contributed by atoms with van der Waals surface area (Å²) in [7, 11) is 0. The summed E-state index contributed by atoms with van der Waals surface area (Å²) >= 11 is 0. The zero-order valence-electron chi connectivity index (χ0n) is 12.4. The molecular weight excluding hydrogens is 321 g/mol. The van der Waals surface area contributed by atoms with Crippen LogP contribution in [-0.4, -0.2) is 16.7 Å². The average molecular weight is 334 g/mol. The Morgan fingerprint density at radius 3 is 2.79 bits per heavy atom. The van der Waals surface area contributed by atoms with Crippen LogP contribution < -0.4 is 0 Å². The molecular formula is C17H13F3N2O2. The van der Waals surface area contributed by atoms with Crippen molar-refractivity contribution in [3.63, 3.8) is 0 Å². The topological polar surface area (TPSA) is 55.0 Å². The lowest BCUT2D eigenvalue weighted by Gasteiger charge is -2.17. The van der Waals surface area contributed by atoms with Crippen LogP contribution >= 0.6 is 0 Å². The minimum absolute atomic E-state index is 0.251. The fraction of sp³-hybridized carbons (Fsp3) is 0.176. The van der Waals surface area contributed by atoms with E-state index in [2.05, 4.69) is 10.2 Å². The van der Waals surface area contributed by atoms with Gasteiger partial charge in [0.25, 0.3) is 6.47 Å². The number of fused-ring (bicyclic) bond motifs is 1. The monoisotopic (exact) mass is 334 g/mol. The maximum absolute atomic E-state index is 12.9. The maximum Gasteiger partial charge on any atom is 0.416 e. The van der Waals surface area contributed by atoms with Crippen LogP contribution in [0.3, 0.4) is 0 Å². The van der Waals surface area contributed by atoms with Crippen LogP contribution in [0, 0.1) is 0 Å². The Kier molecular flexibility index (Phi) is 4.24. The number of hydrogen-bond donors (Lipinski definition) is 1. The van der Waals surface area contributed by atoms with Gasteiger partial charge in [-0.2, -0.15) is 18.3 Å². The molecule has 1 heterocycles. The minimum Gasteiger partial charge on any atom is -0.459 e. The summed E-state index contributed by atoms with van der Waals surface area (Å²) in [4.78, 5) is 10.8. The number of nitrogens with zero attached hydrogens (tertiary/aromatic N) is 1. The molecule has 0 spiro atoms. The molecule has 24 heavy (non-hydrogen) atoms. The van der Waals surface area contributed by atoms with Crippen LogP contribution in [0.25, 0.3) is 10.9 Å². The van der Waals surface area contributed by atoms with E-state index in [1.54, 1.807) is 6.20 Å². The molecule has 0 radical (unpaired) electrons. The highest BCUT2D eigenvalue weighted by Gasteiger charge is 2.31. The predicted octanol–water partition coefficient (Wildman–Crippen LogP) is 4.04. The number of aromatic amines is 1. The summed E-state index contributed by atoms with van der Waals surface area (Å²) in [6, 6.07) is 10.3. The van der Waals surface area contributed by atoms with Gasteiger partial charge in [-0.3, -0.25) is 9.89 Å². The molecule has 1 aromatic heterocycles. The molecule has 1 N–H and O–H groups in total. The van der Waals surface area contributed by atoms with E-state index in [1.807, 2.05) is 18.2 Å². The lowest BCUT2D eigenvalue weighted by Crippen LogP contribution is -2.10. The number of halogens is 3. The highest BCUT2D eigenvalue weighted by Crippen LogP contribution is 2.32. The van der Waals surface area contributed by atoms with E-state index in [4.69, 9.17) is 4.74 Å². The van der Waals surface area contributed by atoms with Crippen molar-refractivity contribution < 1.29 is 22.7 Å². The first-order valence-corrected chi connectivity index (χ1v) is 7.15. The lowest BCUT2D eigenvalue weighted by atomic mass is 9.98. The molecule has 7 heteroatoms. The van der Waals surface area contributed by atoms with Crippen LogP contribution in [0.4, 0.5) is 13.2 Å². The molecule has 0 fully saturated rings. The van der Waals surface area contributed by atoms with Gasteiger partial charge in [0.05, 0.1) is 17.3 Å². The van der Waals surface area contributed by atoms with Crippen molar-refractivity contribution in [3.05, 3.63) is 65.4 Å². The third kappa shape index (κ3) is 3.40. The number of nitrogens with one attached hydrogen (secondary N) is 1. The molecule has 0 aliphatic rings. The Bertz CT molecular complexity index is 858. The standard InChI is InChI=1S/C17H13F3N2O2/c18-17(19,20)14-3-1-2-12(8-14)16(24-10-23)7-11-4-5-15-13(6-11)9-21-22-15/h1-6,8-10,16H,7H2,(H,21,22). The highest BCUT2D eigenvalue weighted by atomic mass is 19.4. The van der Waals surface area contributed by atoms with Gasteiger partial charge in [-0.15, -0.1) is 0 Å².